The minimum atomic E-state index is -1.98. The van der Waals surface area contributed by atoms with Crippen LogP contribution in [-0.4, -0.2) is 74.3 Å². The number of fused-ring (bicyclic) bond motifs is 2. The summed E-state index contributed by atoms with van der Waals surface area (Å²) in [7, 11) is 3.76. The van der Waals surface area contributed by atoms with Crippen molar-refractivity contribution in [3.05, 3.63) is 47.3 Å². The Balaban J connectivity index is 1.29. The maximum absolute atomic E-state index is 16.9. The molecule has 3 fully saturated rings. The molecule has 1 aromatic heterocycles. The summed E-state index contributed by atoms with van der Waals surface area (Å²) < 4.78 is 23.9. The van der Waals surface area contributed by atoms with E-state index < -0.39 is 29.1 Å². The Morgan fingerprint density at radius 2 is 2.00 bits per heavy atom. The number of ether oxygens (including phenoxy) is 1. The third kappa shape index (κ3) is 2.62. The molecule has 6 nitrogen and oxygen atoms in total. The third-order valence-electron chi connectivity index (χ3n) is 10.6. The van der Waals surface area contributed by atoms with E-state index >= 15 is 4.39 Å². The van der Waals surface area contributed by atoms with Gasteiger partial charge in [0.25, 0.3) is 0 Å². The van der Waals surface area contributed by atoms with Crippen LogP contribution >= 0.6 is 0 Å². The summed E-state index contributed by atoms with van der Waals surface area (Å²) in [6.07, 6.45) is 5.52. The number of rotatable bonds is 2. The van der Waals surface area contributed by atoms with Crippen molar-refractivity contribution in [2.45, 2.75) is 87.5 Å². The van der Waals surface area contributed by atoms with E-state index in [1.165, 1.54) is 11.1 Å². The molecule has 2 bridgehead atoms. The van der Waals surface area contributed by atoms with Crippen LogP contribution in [0.4, 0.5) is 4.39 Å². The maximum Gasteiger partial charge on any atom is 0.171 e. The fourth-order valence-corrected chi connectivity index (χ4v) is 8.74. The quantitative estimate of drug-likeness (QED) is 0.550. The van der Waals surface area contributed by atoms with Crippen molar-refractivity contribution in [1.82, 2.24) is 14.9 Å². The van der Waals surface area contributed by atoms with Crippen LogP contribution in [0, 0.1) is 18.3 Å². The fraction of sp³-hybridized carbons (Fsp3) is 0.621. The summed E-state index contributed by atoms with van der Waals surface area (Å²) in [5, 5.41) is 21.9. The molecule has 2 spiro atoms. The van der Waals surface area contributed by atoms with E-state index in [-0.39, 0.29) is 23.8 Å². The molecule has 2 aromatic rings. The molecule has 2 aliphatic heterocycles. The zero-order valence-corrected chi connectivity index (χ0v) is 21.5. The first kappa shape index (κ1) is 23.1. The summed E-state index contributed by atoms with van der Waals surface area (Å²) in [5.74, 6) is 1.12. The van der Waals surface area contributed by atoms with E-state index in [0.29, 0.717) is 12.8 Å². The second-order valence-corrected chi connectivity index (χ2v) is 12.5. The Hall–Kier alpha value is -2.06. The maximum atomic E-state index is 16.9. The molecule has 3 aliphatic carbocycles. The van der Waals surface area contributed by atoms with Gasteiger partial charge < -0.3 is 24.8 Å². The van der Waals surface area contributed by atoms with E-state index in [4.69, 9.17) is 4.74 Å². The van der Waals surface area contributed by atoms with Gasteiger partial charge in [-0.1, -0.05) is 25.1 Å². The molecule has 7 rings (SSSR count). The van der Waals surface area contributed by atoms with Crippen molar-refractivity contribution >= 4 is 16.6 Å². The average molecular weight is 494 g/mol. The second kappa shape index (κ2) is 7.07. The van der Waals surface area contributed by atoms with Crippen LogP contribution in [0.3, 0.4) is 0 Å². The molecular weight excluding hydrogens is 457 g/mol. The summed E-state index contributed by atoms with van der Waals surface area (Å²) in [5.41, 5.74) is 1.85. The highest BCUT2D eigenvalue weighted by Crippen LogP contribution is 2.70. The number of halogens is 1. The van der Waals surface area contributed by atoms with E-state index in [9.17, 15) is 10.2 Å². The van der Waals surface area contributed by atoms with E-state index in [0.717, 1.165) is 41.7 Å². The number of nitrogens with zero attached hydrogens (tertiary/aromatic N) is 2. The van der Waals surface area contributed by atoms with Crippen molar-refractivity contribution in [3.63, 3.8) is 0 Å². The molecule has 5 aliphatic rings. The van der Waals surface area contributed by atoms with Crippen LogP contribution in [0.15, 0.2) is 35.9 Å². The Bertz CT molecular complexity index is 1330. The van der Waals surface area contributed by atoms with Gasteiger partial charge in [0, 0.05) is 23.8 Å². The number of likely N-dealkylation sites (N-methyl/N-ethyl adjacent to an activating group) is 1. The van der Waals surface area contributed by atoms with Crippen molar-refractivity contribution in [2.24, 2.45) is 11.3 Å². The molecule has 1 saturated carbocycles. The molecule has 3 heterocycles. The van der Waals surface area contributed by atoms with Crippen LogP contribution in [0.2, 0.25) is 0 Å². The Labute approximate surface area is 211 Å². The first-order chi connectivity index (χ1) is 17.0. The molecule has 192 valence electrons. The molecular formula is C29H36FN3O3. The van der Waals surface area contributed by atoms with Gasteiger partial charge in [0.05, 0.1) is 22.7 Å². The Kier molecular flexibility index (Phi) is 4.53. The summed E-state index contributed by atoms with van der Waals surface area (Å²) in [4.78, 5) is 9.82. The van der Waals surface area contributed by atoms with Gasteiger partial charge in [-0.3, -0.25) is 0 Å². The lowest BCUT2D eigenvalue weighted by atomic mass is 9.56. The summed E-state index contributed by atoms with van der Waals surface area (Å²) in [6, 6.07) is 6.12. The lowest BCUT2D eigenvalue weighted by Gasteiger charge is -2.61. The van der Waals surface area contributed by atoms with Gasteiger partial charge in [0.2, 0.25) is 0 Å². The topological polar surface area (TPSA) is 81.6 Å². The molecule has 2 saturated heterocycles. The largest absolute Gasteiger partial charge is 0.389 e. The number of hydrogen-bond acceptors (Lipinski definition) is 5. The van der Waals surface area contributed by atoms with Crippen LogP contribution < -0.4 is 0 Å². The summed E-state index contributed by atoms with van der Waals surface area (Å²) >= 11 is 0. The van der Waals surface area contributed by atoms with Gasteiger partial charge in [-0.05, 0) is 82.0 Å². The van der Waals surface area contributed by atoms with Crippen molar-refractivity contribution in [3.8, 4) is 0 Å². The number of aliphatic hydroxyl groups is 2. The monoisotopic (exact) mass is 493 g/mol. The lowest BCUT2D eigenvalue weighted by Crippen LogP contribution is -2.73. The van der Waals surface area contributed by atoms with Crippen molar-refractivity contribution < 1.29 is 19.3 Å². The fourth-order valence-electron chi connectivity index (χ4n) is 8.74. The molecule has 3 N–H and O–H groups in total. The molecule has 2 unspecified atom stereocenters. The van der Waals surface area contributed by atoms with Gasteiger partial charge in [-0.25, -0.2) is 9.37 Å². The molecule has 8 atom stereocenters. The van der Waals surface area contributed by atoms with Gasteiger partial charge in [-0.15, -0.1) is 0 Å². The number of alkyl halides is 1. The Morgan fingerprint density at radius 3 is 2.78 bits per heavy atom. The number of aryl methyl sites for hydroxylation is 1. The predicted molar refractivity (Wildman–Crippen MR) is 136 cm³/mol. The average Bonchev–Trinajstić information content (AvgIpc) is 3.49. The van der Waals surface area contributed by atoms with Gasteiger partial charge in [-0.2, -0.15) is 0 Å². The van der Waals surface area contributed by atoms with E-state index in [2.05, 4.69) is 47.2 Å². The number of nitrogens with one attached hydrogen (secondary N) is 1. The van der Waals surface area contributed by atoms with E-state index in [1.54, 1.807) is 0 Å². The number of hydrogen-bond donors (Lipinski definition) is 3. The van der Waals surface area contributed by atoms with Crippen LogP contribution in [0.1, 0.15) is 56.8 Å². The van der Waals surface area contributed by atoms with Gasteiger partial charge in [0.15, 0.2) is 5.67 Å². The highest BCUT2D eigenvalue weighted by molar-refractivity contribution is 5.83. The van der Waals surface area contributed by atoms with Crippen LogP contribution in [0.25, 0.3) is 16.6 Å². The van der Waals surface area contributed by atoms with Crippen molar-refractivity contribution in [2.75, 3.05) is 14.1 Å². The highest BCUT2D eigenvalue weighted by Gasteiger charge is 2.76. The minimum Gasteiger partial charge on any atom is -0.389 e. The molecule has 7 heteroatoms. The number of aromatic amines is 1. The zero-order chi connectivity index (χ0) is 25.3. The zero-order valence-electron chi connectivity index (χ0n) is 21.5. The molecule has 0 radical (unpaired) electrons. The highest BCUT2D eigenvalue weighted by atomic mass is 19.1. The first-order valence-electron chi connectivity index (χ1n) is 13.3. The predicted octanol–water partition coefficient (Wildman–Crippen LogP) is 4.07. The standard InChI is InChI=1S/C29H36FN3O3/c1-16-31-20-7-5-17(13-21(20)32-16)19-6-8-23-26(19,2)10-9-18-14-29(30)25(35)24(34)22(33(3)4)15-27(29)11-12-28(18,23)36-27/h5-7,9,13,22-25,34-35H,8,10-12,14-15H2,1-4H3,(H,31,32)/t22-,23?,24+,25-,26+,27+,28+,29?/m0/s1. The molecule has 36 heavy (non-hydrogen) atoms. The summed E-state index contributed by atoms with van der Waals surface area (Å²) in [6.45, 7) is 4.32. The smallest absolute Gasteiger partial charge is 0.171 e. The van der Waals surface area contributed by atoms with Crippen LogP contribution in [-0.2, 0) is 4.74 Å². The minimum absolute atomic E-state index is 0.123. The lowest BCUT2D eigenvalue weighted by molar-refractivity contribution is -0.282. The number of benzene rings is 1. The number of H-pyrrole nitrogens is 1. The van der Waals surface area contributed by atoms with E-state index in [1.807, 2.05) is 25.9 Å². The number of allylic oxidation sites excluding steroid dienone is 3. The third-order valence-corrected chi connectivity index (χ3v) is 10.6. The normalized spacial score (nSPS) is 45.3. The van der Waals surface area contributed by atoms with Crippen LogP contribution in [0.5, 0.6) is 0 Å². The number of imidazole rings is 1. The molecule has 1 aromatic carbocycles. The SMILES string of the molecule is Cc1nc2ccc(C3=CCC4[C@]3(C)CC=C3CC5(F)[C@@H](O)[C@H](O)[C@@H](N(C)C)C[C@]56CC[C@@]34O6)cc2[nH]1. The van der Waals surface area contributed by atoms with Crippen molar-refractivity contribution in [1.29, 1.82) is 0 Å². The van der Waals surface area contributed by atoms with Gasteiger partial charge in [0.1, 0.15) is 17.5 Å². The number of aliphatic hydroxyl groups excluding tert-OH is 2. The number of aromatic nitrogens is 2. The Morgan fingerprint density at radius 1 is 1.19 bits per heavy atom. The second-order valence-electron chi connectivity index (χ2n) is 12.5. The van der Waals surface area contributed by atoms with Gasteiger partial charge >= 0.3 is 0 Å². The first-order valence-corrected chi connectivity index (χ1v) is 13.3. The molecule has 0 amide bonds.